The van der Waals surface area contributed by atoms with Gasteiger partial charge >= 0.3 is 17.9 Å². The van der Waals surface area contributed by atoms with Crippen LogP contribution in [0.3, 0.4) is 0 Å². The largest absolute Gasteiger partial charge is 0.478 e. The molecular formula is C21H26O6. The molecule has 1 rings (SSSR count). The maximum absolute atomic E-state index is 10.9. The minimum atomic E-state index is -1.02. The van der Waals surface area contributed by atoms with Crippen LogP contribution in [0.2, 0.25) is 0 Å². The predicted octanol–water partition coefficient (Wildman–Crippen LogP) is 4.42. The number of carboxylic acid groups (broad SMARTS) is 2. The summed E-state index contributed by atoms with van der Waals surface area (Å²) < 4.78 is 4.39. The lowest BCUT2D eigenvalue weighted by Crippen LogP contribution is -2.12. The zero-order valence-corrected chi connectivity index (χ0v) is 15.9. The number of carbonyl (C=O) groups is 3. The van der Waals surface area contributed by atoms with Crippen molar-refractivity contribution in [2.45, 2.75) is 39.0 Å². The maximum Gasteiger partial charge on any atom is 0.336 e. The van der Waals surface area contributed by atoms with Gasteiger partial charge in [-0.1, -0.05) is 58.2 Å². The molecule has 0 spiro atoms. The van der Waals surface area contributed by atoms with Gasteiger partial charge < -0.3 is 14.9 Å². The minimum absolute atomic E-state index is 0.0226. The normalized spacial score (nSPS) is 10.5. The summed E-state index contributed by atoms with van der Waals surface area (Å²) in [5.41, 5.74) is 2.12. The van der Waals surface area contributed by atoms with Crippen molar-refractivity contribution in [3.8, 4) is 0 Å². The van der Waals surface area contributed by atoms with Gasteiger partial charge in [-0.05, 0) is 29.0 Å². The molecule has 1 aromatic carbocycles. The Labute approximate surface area is 159 Å². The molecule has 0 amide bonds. The topological polar surface area (TPSA) is 101 Å². The van der Waals surface area contributed by atoms with Crippen molar-refractivity contribution in [1.29, 1.82) is 0 Å². The van der Waals surface area contributed by atoms with Crippen molar-refractivity contribution in [2.75, 3.05) is 0 Å². The summed E-state index contributed by atoms with van der Waals surface area (Å²) in [4.78, 5) is 31.5. The average molecular weight is 374 g/mol. The fourth-order valence-corrected chi connectivity index (χ4v) is 1.93. The number of ether oxygens (including phenoxy) is 1. The van der Waals surface area contributed by atoms with Gasteiger partial charge in [0.05, 0.1) is 11.8 Å². The van der Waals surface area contributed by atoms with Crippen LogP contribution < -0.4 is 0 Å². The molecule has 1 aromatic rings. The SMILES string of the molecule is C=COC(=O)CC/C=C/C(=O)O.C=Cc1cc(C(C)(C)C)ccc1C(=O)O. The van der Waals surface area contributed by atoms with Crippen LogP contribution in [0.5, 0.6) is 0 Å². The molecular weight excluding hydrogens is 348 g/mol. The Morgan fingerprint density at radius 3 is 2.22 bits per heavy atom. The number of hydrogen-bond donors (Lipinski definition) is 2. The summed E-state index contributed by atoms with van der Waals surface area (Å²) in [5.74, 6) is -2.35. The third-order valence-corrected chi connectivity index (χ3v) is 3.36. The second kappa shape index (κ2) is 11.5. The molecule has 6 nitrogen and oxygen atoms in total. The first-order valence-electron chi connectivity index (χ1n) is 8.23. The molecule has 0 radical (unpaired) electrons. The zero-order valence-electron chi connectivity index (χ0n) is 15.9. The molecule has 0 aliphatic heterocycles. The van der Waals surface area contributed by atoms with Crippen molar-refractivity contribution in [3.05, 3.63) is 66.5 Å². The molecule has 2 N–H and O–H groups in total. The second-order valence-corrected chi connectivity index (χ2v) is 6.50. The number of aromatic carboxylic acids is 1. The summed E-state index contributed by atoms with van der Waals surface area (Å²) in [7, 11) is 0. The highest BCUT2D eigenvalue weighted by Crippen LogP contribution is 2.25. The molecule has 0 aliphatic rings. The Balaban J connectivity index is 0.000000516. The molecule has 27 heavy (non-hydrogen) atoms. The zero-order chi connectivity index (χ0) is 21.0. The lowest BCUT2D eigenvalue weighted by atomic mass is 9.85. The Bertz CT molecular complexity index is 723. The van der Waals surface area contributed by atoms with E-state index in [0.29, 0.717) is 17.5 Å². The molecule has 0 bridgehead atoms. The van der Waals surface area contributed by atoms with Crippen molar-refractivity contribution in [3.63, 3.8) is 0 Å². The maximum atomic E-state index is 10.9. The first-order valence-corrected chi connectivity index (χ1v) is 8.23. The van der Waals surface area contributed by atoms with Crippen LogP contribution in [-0.4, -0.2) is 28.1 Å². The number of carboxylic acids is 2. The van der Waals surface area contributed by atoms with Crippen LogP contribution in [-0.2, 0) is 19.7 Å². The van der Waals surface area contributed by atoms with E-state index in [9.17, 15) is 14.4 Å². The second-order valence-electron chi connectivity index (χ2n) is 6.50. The van der Waals surface area contributed by atoms with E-state index >= 15 is 0 Å². The van der Waals surface area contributed by atoms with E-state index in [1.807, 2.05) is 12.1 Å². The molecule has 0 unspecified atom stereocenters. The Morgan fingerprint density at radius 1 is 1.15 bits per heavy atom. The van der Waals surface area contributed by atoms with E-state index in [2.05, 4.69) is 38.7 Å². The number of carbonyl (C=O) groups excluding carboxylic acids is 1. The molecule has 0 heterocycles. The molecule has 0 saturated carbocycles. The van der Waals surface area contributed by atoms with Crippen molar-refractivity contribution < 1.29 is 29.3 Å². The Hall–Kier alpha value is -3.15. The van der Waals surface area contributed by atoms with Crippen LogP contribution in [0.1, 0.15) is 55.1 Å². The Kier molecular flexibility index (Phi) is 10.1. The van der Waals surface area contributed by atoms with Crippen LogP contribution in [0, 0.1) is 0 Å². The number of aliphatic carboxylic acids is 1. The highest BCUT2D eigenvalue weighted by Gasteiger charge is 2.16. The fourth-order valence-electron chi connectivity index (χ4n) is 1.93. The highest BCUT2D eigenvalue weighted by atomic mass is 16.5. The van der Waals surface area contributed by atoms with Gasteiger partial charge in [-0.2, -0.15) is 0 Å². The molecule has 0 aromatic heterocycles. The summed E-state index contributed by atoms with van der Waals surface area (Å²) in [6, 6.07) is 5.38. The first kappa shape index (κ1) is 23.9. The summed E-state index contributed by atoms with van der Waals surface area (Å²) >= 11 is 0. The minimum Gasteiger partial charge on any atom is -0.478 e. The molecule has 6 heteroatoms. The van der Waals surface area contributed by atoms with Crippen molar-refractivity contribution in [1.82, 2.24) is 0 Å². The number of allylic oxidation sites excluding steroid dienone is 1. The third-order valence-electron chi connectivity index (χ3n) is 3.36. The average Bonchev–Trinajstić information content (AvgIpc) is 2.58. The van der Waals surface area contributed by atoms with E-state index in [0.717, 1.165) is 17.9 Å². The smallest absolute Gasteiger partial charge is 0.336 e. The van der Waals surface area contributed by atoms with E-state index in [-0.39, 0.29) is 11.8 Å². The van der Waals surface area contributed by atoms with E-state index < -0.39 is 17.9 Å². The van der Waals surface area contributed by atoms with E-state index in [1.165, 1.54) is 6.08 Å². The lowest BCUT2D eigenvalue weighted by Gasteiger charge is -2.20. The quantitative estimate of drug-likeness (QED) is 0.416. The highest BCUT2D eigenvalue weighted by molar-refractivity contribution is 5.92. The van der Waals surface area contributed by atoms with Crippen molar-refractivity contribution in [2.24, 2.45) is 0 Å². The lowest BCUT2D eigenvalue weighted by molar-refractivity contribution is -0.138. The summed E-state index contributed by atoms with van der Waals surface area (Å²) in [6.45, 7) is 13.1. The van der Waals surface area contributed by atoms with Gasteiger partial charge in [-0.15, -0.1) is 0 Å². The van der Waals surface area contributed by atoms with E-state index in [4.69, 9.17) is 10.2 Å². The number of hydrogen-bond acceptors (Lipinski definition) is 4. The standard InChI is InChI=1S/C13H16O2.C8H10O4/c1-5-9-8-10(13(2,3)4)6-7-11(9)12(14)15;1-2-12-8(11)6-4-3-5-7(9)10/h5-8H,1H2,2-4H3,(H,14,15);2-3,5H,1,4,6H2,(H,9,10)/b;5-3+. The molecule has 146 valence electrons. The van der Waals surface area contributed by atoms with E-state index in [1.54, 1.807) is 12.1 Å². The van der Waals surface area contributed by atoms with Crippen LogP contribution in [0.4, 0.5) is 0 Å². The monoisotopic (exact) mass is 374 g/mol. The fraction of sp³-hybridized carbons (Fsp3) is 0.286. The predicted molar refractivity (Wildman–Crippen MR) is 104 cm³/mol. The first-order chi connectivity index (χ1) is 12.5. The van der Waals surface area contributed by atoms with Gasteiger partial charge in [-0.25, -0.2) is 9.59 Å². The summed E-state index contributed by atoms with van der Waals surface area (Å²) in [5, 5.41) is 17.1. The molecule has 0 atom stereocenters. The van der Waals surface area contributed by atoms with Crippen LogP contribution in [0.25, 0.3) is 6.08 Å². The number of benzene rings is 1. The summed E-state index contributed by atoms with van der Waals surface area (Å²) in [6.07, 6.45) is 5.53. The van der Waals surface area contributed by atoms with Gasteiger partial charge in [0.25, 0.3) is 0 Å². The number of esters is 1. The van der Waals surface area contributed by atoms with Crippen LogP contribution in [0.15, 0.2) is 49.8 Å². The van der Waals surface area contributed by atoms with Gasteiger partial charge in [0.15, 0.2) is 0 Å². The van der Waals surface area contributed by atoms with Gasteiger partial charge in [0, 0.05) is 12.5 Å². The number of rotatable bonds is 7. The third kappa shape index (κ3) is 9.79. The van der Waals surface area contributed by atoms with Crippen LogP contribution >= 0.6 is 0 Å². The van der Waals surface area contributed by atoms with Gasteiger partial charge in [-0.3, -0.25) is 4.79 Å². The molecule has 0 saturated heterocycles. The molecule has 0 fully saturated rings. The Morgan fingerprint density at radius 2 is 1.78 bits per heavy atom. The van der Waals surface area contributed by atoms with Gasteiger partial charge in [0.2, 0.25) is 0 Å². The molecule has 0 aliphatic carbocycles. The van der Waals surface area contributed by atoms with Gasteiger partial charge in [0.1, 0.15) is 0 Å². The van der Waals surface area contributed by atoms with Crippen molar-refractivity contribution >= 4 is 24.0 Å².